The van der Waals surface area contributed by atoms with Crippen molar-refractivity contribution in [2.24, 2.45) is 11.7 Å². The van der Waals surface area contributed by atoms with Crippen LogP contribution in [0.2, 0.25) is 0 Å². The van der Waals surface area contributed by atoms with Crippen LogP contribution in [0.15, 0.2) is 12.4 Å². The number of ether oxygens (including phenoxy) is 1. The fourth-order valence-electron chi connectivity index (χ4n) is 2.61. The normalized spacial score (nSPS) is 17.1. The molecular formula is C14H26N4O. The first-order valence-electron chi connectivity index (χ1n) is 7.39. The Bertz CT molecular complexity index is 358. The maximum atomic E-state index is 5.74. The Balaban J connectivity index is 1.85. The van der Waals surface area contributed by atoms with Gasteiger partial charge < -0.3 is 19.9 Å². The summed E-state index contributed by atoms with van der Waals surface area (Å²) in [6.07, 6.45) is 7.36. The van der Waals surface area contributed by atoms with Crippen molar-refractivity contribution in [2.75, 3.05) is 37.7 Å². The number of imidazole rings is 1. The second kappa shape index (κ2) is 7.50. The summed E-state index contributed by atoms with van der Waals surface area (Å²) >= 11 is 0. The summed E-state index contributed by atoms with van der Waals surface area (Å²) in [4.78, 5) is 6.89. The summed E-state index contributed by atoms with van der Waals surface area (Å²) in [6.45, 7) is 7.59. The molecule has 5 nitrogen and oxygen atoms in total. The van der Waals surface area contributed by atoms with Gasteiger partial charge >= 0.3 is 0 Å². The number of aryl methyl sites for hydroxylation is 1. The zero-order chi connectivity index (χ0) is 13.5. The molecule has 0 radical (unpaired) electrons. The van der Waals surface area contributed by atoms with E-state index >= 15 is 0 Å². The number of rotatable bonds is 7. The van der Waals surface area contributed by atoms with E-state index in [1.54, 1.807) is 0 Å². The summed E-state index contributed by atoms with van der Waals surface area (Å²) in [6, 6.07) is 0. The first kappa shape index (κ1) is 14.3. The average Bonchev–Trinajstić information content (AvgIpc) is 2.92. The van der Waals surface area contributed by atoms with Crippen LogP contribution in [0.1, 0.15) is 26.2 Å². The molecule has 0 unspecified atom stereocenters. The second-order valence-electron chi connectivity index (χ2n) is 5.14. The van der Waals surface area contributed by atoms with Gasteiger partial charge in [0.1, 0.15) is 0 Å². The average molecular weight is 266 g/mol. The van der Waals surface area contributed by atoms with Gasteiger partial charge in [-0.05, 0) is 38.6 Å². The molecular weight excluding hydrogens is 240 g/mol. The molecule has 0 bridgehead atoms. The van der Waals surface area contributed by atoms with Crippen molar-refractivity contribution in [3.05, 3.63) is 12.4 Å². The number of piperidine rings is 1. The predicted octanol–water partition coefficient (Wildman–Crippen LogP) is 1.48. The van der Waals surface area contributed by atoms with E-state index in [2.05, 4.69) is 20.6 Å². The minimum Gasteiger partial charge on any atom is -0.382 e. The first-order valence-corrected chi connectivity index (χ1v) is 7.39. The number of nitrogens with two attached hydrogens (primary N) is 1. The van der Waals surface area contributed by atoms with E-state index in [0.29, 0.717) is 5.92 Å². The first-order chi connectivity index (χ1) is 9.35. The zero-order valence-electron chi connectivity index (χ0n) is 11.9. The molecule has 0 atom stereocenters. The molecule has 108 valence electrons. The van der Waals surface area contributed by atoms with Gasteiger partial charge in [-0.3, -0.25) is 0 Å². The largest absolute Gasteiger partial charge is 0.382 e. The number of anilines is 1. The maximum Gasteiger partial charge on any atom is 0.205 e. The molecule has 2 rings (SSSR count). The third-order valence-corrected chi connectivity index (χ3v) is 3.82. The lowest BCUT2D eigenvalue weighted by atomic mass is 9.97. The minimum atomic E-state index is 0.692. The Morgan fingerprint density at radius 3 is 2.89 bits per heavy atom. The van der Waals surface area contributed by atoms with E-state index in [4.69, 9.17) is 10.5 Å². The molecule has 0 aromatic carbocycles. The Labute approximate surface area is 115 Å². The highest BCUT2D eigenvalue weighted by Crippen LogP contribution is 2.21. The van der Waals surface area contributed by atoms with E-state index in [1.165, 1.54) is 12.8 Å². The lowest BCUT2D eigenvalue weighted by Crippen LogP contribution is -2.37. The number of hydrogen-bond acceptors (Lipinski definition) is 4. The smallest absolute Gasteiger partial charge is 0.205 e. The molecule has 19 heavy (non-hydrogen) atoms. The third-order valence-electron chi connectivity index (χ3n) is 3.82. The monoisotopic (exact) mass is 266 g/mol. The van der Waals surface area contributed by atoms with Crippen LogP contribution in [0.5, 0.6) is 0 Å². The molecule has 1 saturated heterocycles. The molecule has 0 amide bonds. The molecule has 1 aromatic heterocycles. The Morgan fingerprint density at radius 1 is 1.42 bits per heavy atom. The third kappa shape index (κ3) is 3.94. The van der Waals surface area contributed by atoms with Crippen LogP contribution in [-0.4, -0.2) is 42.4 Å². The number of nitrogens with zero attached hydrogens (tertiary/aromatic N) is 3. The van der Waals surface area contributed by atoms with Gasteiger partial charge in [0.05, 0.1) is 0 Å². The van der Waals surface area contributed by atoms with Gasteiger partial charge in [-0.25, -0.2) is 4.98 Å². The Morgan fingerprint density at radius 2 is 2.21 bits per heavy atom. The van der Waals surface area contributed by atoms with Crippen LogP contribution in [-0.2, 0) is 11.3 Å². The van der Waals surface area contributed by atoms with Gasteiger partial charge in [0, 0.05) is 45.2 Å². The van der Waals surface area contributed by atoms with Crippen LogP contribution in [0, 0.1) is 5.92 Å². The number of hydrogen-bond donors (Lipinski definition) is 1. The van der Waals surface area contributed by atoms with Crippen molar-refractivity contribution in [3.8, 4) is 0 Å². The fraction of sp³-hybridized carbons (Fsp3) is 0.786. The second-order valence-corrected chi connectivity index (χ2v) is 5.14. The highest BCUT2D eigenvalue weighted by molar-refractivity contribution is 5.31. The van der Waals surface area contributed by atoms with Gasteiger partial charge in [0.2, 0.25) is 5.95 Å². The van der Waals surface area contributed by atoms with Crippen LogP contribution in [0.3, 0.4) is 0 Å². The van der Waals surface area contributed by atoms with Crippen molar-refractivity contribution < 1.29 is 4.74 Å². The molecule has 1 aliphatic rings. The highest BCUT2D eigenvalue weighted by atomic mass is 16.5. The van der Waals surface area contributed by atoms with Crippen LogP contribution in [0.25, 0.3) is 0 Å². The fourth-order valence-corrected chi connectivity index (χ4v) is 2.61. The van der Waals surface area contributed by atoms with Gasteiger partial charge in [-0.1, -0.05) is 0 Å². The maximum absolute atomic E-state index is 5.74. The minimum absolute atomic E-state index is 0.692. The molecule has 1 aliphatic heterocycles. The van der Waals surface area contributed by atoms with Gasteiger partial charge in [0.15, 0.2) is 0 Å². The van der Waals surface area contributed by atoms with Crippen LogP contribution >= 0.6 is 0 Å². The number of aromatic nitrogens is 2. The molecule has 5 heteroatoms. The van der Waals surface area contributed by atoms with Crippen molar-refractivity contribution >= 4 is 5.95 Å². The summed E-state index contributed by atoms with van der Waals surface area (Å²) in [7, 11) is 0. The van der Waals surface area contributed by atoms with Crippen molar-refractivity contribution in [2.45, 2.75) is 32.7 Å². The van der Waals surface area contributed by atoms with Crippen LogP contribution in [0.4, 0.5) is 5.95 Å². The predicted molar refractivity (Wildman–Crippen MR) is 77.3 cm³/mol. The summed E-state index contributed by atoms with van der Waals surface area (Å²) in [5.41, 5.74) is 5.74. The van der Waals surface area contributed by atoms with E-state index < -0.39 is 0 Å². The van der Waals surface area contributed by atoms with E-state index in [-0.39, 0.29) is 0 Å². The Kier molecular flexibility index (Phi) is 5.66. The van der Waals surface area contributed by atoms with E-state index in [1.807, 2.05) is 13.1 Å². The zero-order valence-corrected chi connectivity index (χ0v) is 11.9. The van der Waals surface area contributed by atoms with Gasteiger partial charge in [-0.15, -0.1) is 0 Å². The Hall–Kier alpha value is -1.07. The molecule has 0 saturated carbocycles. The van der Waals surface area contributed by atoms with E-state index in [9.17, 15) is 0 Å². The molecule has 0 aliphatic carbocycles. The lowest BCUT2D eigenvalue weighted by molar-refractivity contribution is 0.141. The summed E-state index contributed by atoms with van der Waals surface area (Å²) in [5, 5.41) is 0. The van der Waals surface area contributed by atoms with Crippen molar-refractivity contribution in [1.29, 1.82) is 0 Å². The van der Waals surface area contributed by atoms with Crippen LogP contribution < -0.4 is 10.6 Å². The molecule has 1 fully saturated rings. The quantitative estimate of drug-likeness (QED) is 0.760. The standard InChI is InChI=1S/C14H26N4O/c1-2-19-11-3-7-17-10-6-16-14(17)18-8-4-13(12-15)5-9-18/h6,10,13H,2-5,7-9,11-12,15H2,1H3. The van der Waals surface area contributed by atoms with Crippen molar-refractivity contribution in [3.63, 3.8) is 0 Å². The molecule has 0 spiro atoms. The topological polar surface area (TPSA) is 56.3 Å². The van der Waals surface area contributed by atoms with Gasteiger partial charge in [-0.2, -0.15) is 0 Å². The van der Waals surface area contributed by atoms with E-state index in [0.717, 1.165) is 51.8 Å². The van der Waals surface area contributed by atoms with Crippen molar-refractivity contribution in [1.82, 2.24) is 9.55 Å². The van der Waals surface area contributed by atoms with Gasteiger partial charge in [0.25, 0.3) is 0 Å². The summed E-state index contributed by atoms with van der Waals surface area (Å²) < 4.78 is 7.62. The molecule has 2 heterocycles. The summed E-state index contributed by atoms with van der Waals surface area (Å²) in [5.74, 6) is 1.80. The molecule has 2 N–H and O–H groups in total. The highest BCUT2D eigenvalue weighted by Gasteiger charge is 2.20. The lowest BCUT2D eigenvalue weighted by Gasteiger charge is -2.32. The molecule has 1 aromatic rings. The SMILES string of the molecule is CCOCCCn1ccnc1N1CCC(CN)CC1.